The average Bonchev–Trinajstić information content (AvgIpc) is 3.61. The van der Waals surface area contributed by atoms with Crippen LogP contribution in [0.1, 0.15) is 0 Å². The van der Waals surface area contributed by atoms with Gasteiger partial charge in [-0.25, -0.2) is 9.36 Å². The Morgan fingerprint density at radius 3 is 1.65 bits per heavy atom. The van der Waals surface area contributed by atoms with Gasteiger partial charge in [0.15, 0.2) is 0 Å². The lowest BCUT2D eigenvalue weighted by atomic mass is 9.98. The number of hydrogen-bond donors (Lipinski definition) is 0. The highest BCUT2D eigenvalue weighted by molar-refractivity contribution is 7.26. The van der Waals surface area contributed by atoms with E-state index < -0.39 is 0 Å². The van der Waals surface area contributed by atoms with E-state index in [-0.39, 0.29) is 18.8 Å². The van der Waals surface area contributed by atoms with Crippen molar-refractivity contribution >= 4 is 90.9 Å². The van der Waals surface area contributed by atoms with E-state index in [4.69, 9.17) is 9.47 Å². The number of fused-ring (bicyclic) bond motifs is 9. The SMILES string of the molecule is O=C(OCC1CO1)n1c2ccc(-c3cccc4c3sc3ccccc34)cc2c2cc(-c3cccc4c3sc3ccccc34)ccc21. The number of ether oxygens (including phenoxy) is 2. The molecule has 3 aromatic heterocycles. The second-order valence-corrected chi connectivity index (χ2v) is 14.0. The van der Waals surface area contributed by atoms with E-state index in [1.165, 1.54) is 51.5 Å². The fourth-order valence-electron chi connectivity index (χ4n) is 6.90. The Morgan fingerprint density at radius 1 is 0.630 bits per heavy atom. The molecule has 220 valence electrons. The number of rotatable bonds is 4. The standard InChI is InChI=1S/C40H25NO3S2/c42-40(44-22-25-21-43-25)41-34-17-15-23(26-9-5-11-30-28-7-1-3-13-36(28)45-38(26)30)19-32(34)33-20-24(16-18-35(33)41)27-10-6-12-31-29-8-2-4-14-37(29)46-39(27)31/h1-20,25H,21-22H2. The summed E-state index contributed by atoms with van der Waals surface area (Å²) >= 11 is 3.66. The Balaban J connectivity index is 1.20. The van der Waals surface area contributed by atoms with E-state index in [2.05, 4.69) is 121 Å². The Hall–Kier alpha value is -5.01. The first kappa shape index (κ1) is 26.2. The van der Waals surface area contributed by atoms with Crippen molar-refractivity contribution in [1.29, 1.82) is 0 Å². The normalized spacial score (nSPS) is 14.7. The van der Waals surface area contributed by atoms with Crippen molar-refractivity contribution in [3.63, 3.8) is 0 Å². The summed E-state index contributed by atoms with van der Waals surface area (Å²) in [5.74, 6) is 0. The van der Waals surface area contributed by atoms with Crippen LogP contribution in [0.2, 0.25) is 0 Å². The molecule has 9 aromatic rings. The first-order chi connectivity index (χ1) is 22.7. The lowest BCUT2D eigenvalue weighted by Gasteiger charge is -2.08. The third kappa shape index (κ3) is 3.97. The summed E-state index contributed by atoms with van der Waals surface area (Å²) in [5, 5.41) is 7.15. The molecule has 46 heavy (non-hydrogen) atoms. The molecule has 4 heterocycles. The van der Waals surface area contributed by atoms with E-state index >= 15 is 0 Å². The van der Waals surface area contributed by atoms with E-state index in [9.17, 15) is 4.79 Å². The Kier molecular flexibility index (Phi) is 5.70. The van der Waals surface area contributed by atoms with E-state index in [0.29, 0.717) is 6.61 Å². The van der Waals surface area contributed by atoms with Crippen LogP contribution in [0.15, 0.2) is 121 Å². The van der Waals surface area contributed by atoms with Crippen molar-refractivity contribution in [3.8, 4) is 22.3 Å². The predicted molar refractivity (Wildman–Crippen MR) is 193 cm³/mol. The molecule has 1 fully saturated rings. The van der Waals surface area contributed by atoms with Crippen LogP contribution in [-0.2, 0) is 9.47 Å². The zero-order chi connectivity index (χ0) is 30.4. The maximum atomic E-state index is 13.6. The number of carbonyl (C=O) groups excluding carboxylic acids is 1. The molecule has 1 unspecified atom stereocenters. The number of aromatic nitrogens is 1. The molecule has 0 N–H and O–H groups in total. The second kappa shape index (κ2) is 9.99. The van der Waals surface area contributed by atoms with Crippen LogP contribution < -0.4 is 0 Å². The summed E-state index contributed by atoms with van der Waals surface area (Å²) in [5.41, 5.74) is 6.31. The molecular formula is C40H25NO3S2. The minimum absolute atomic E-state index is 0.00107. The van der Waals surface area contributed by atoms with Gasteiger partial charge in [-0.3, -0.25) is 0 Å². The molecule has 0 amide bonds. The summed E-state index contributed by atoms with van der Waals surface area (Å²) in [6, 6.07) is 43.2. The maximum Gasteiger partial charge on any atom is 0.419 e. The van der Waals surface area contributed by atoms with Gasteiger partial charge in [-0.1, -0.05) is 84.9 Å². The predicted octanol–water partition coefficient (Wildman–Crippen LogP) is 11.2. The summed E-state index contributed by atoms with van der Waals surface area (Å²) < 4.78 is 17.9. The van der Waals surface area contributed by atoms with Crippen LogP contribution >= 0.6 is 22.7 Å². The molecule has 6 heteroatoms. The summed E-state index contributed by atoms with van der Waals surface area (Å²) in [4.78, 5) is 13.6. The molecule has 10 rings (SSSR count). The molecule has 0 spiro atoms. The molecule has 0 saturated carbocycles. The second-order valence-electron chi connectivity index (χ2n) is 11.9. The van der Waals surface area contributed by atoms with Crippen LogP contribution in [0, 0.1) is 0 Å². The minimum Gasteiger partial charge on any atom is -0.446 e. The van der Waals surface area contributed by atoms with Crippen LogP contribution in [0.5, 0.6) is 0 Å². The molecule has 1 atom stereocenters. The molecule has 0 bridgehead atoms. The lowest BCUT2D eigenvalue weighted by Crippen LogP contribution is -2.16. The van der Waals surface area contributed by atoms with E-state index in [1.54, 1.807) is 4.57 Å². The van der Waals surface area contributed by atoms with Crippen LogP contribution in [0.25, 0.3) is 84.4 Å². The summed E-state index contributed by atoms with van der Waals surface area (Å²) in [6.07, 6.45) is -0.381. The van der Waals surface area contributed by atoms with Crippen LogP contribution in [-0.4, -0.2) is 30.0 Å². The van der Waals surface area contributed by atoms with Gasteiger partial charge in [-0.2, -0.15) is 0 Å². The monoisotopic (exact) mass is 631 g/mol. The molecule has 0 aliphatic carbocycles. The van der Waals surface area contributed by atoms with E-state index in [1.807, 2.05) is 22.7 Å². The Labute approximate surface area is 271 Å². The Bertz CT molecular complexity index is 2520. The third-order valence-corrected chi connectivity index (χ3v) is 11.6. The minimum atomic E-state index is -0.380. The van der Waals surface area contributed by atoms with Crippen molar-refractivity contribution in [3.05, 3.63) is 121 Å². The number of hydrogen-bond acceptors (Lipinski definition) is 5. The zero-order valence-corrected chi connectivity index (χ0v) is 26.2. The first-order valence-corrected chi connectivity index (χ1v) is 17.0. The van der Waals surface area contributed by atoms with Gasteiger partial charge in [0, 0.05) is 51.1 Å². The van der Waals surface area contributed by atoms with Gasteiger partial charge < -0.3 is 9.47 Å². The number of nitrogens with zero attached hydrogens (tertiary/aromatic N) is 1. The van der Waals surface area contributed by atoms with Crippen LogP contribution in [0.3, 0.4) is 0 Å². The van der Waals surface area contributed by atoms with Crippen molar-refractivity contribution in [2.24, 2.45) is 0 Å². The number of thiophene rings is 2. The molecule has 1 aliphatic heterocycles. The molecule has 4 nitrogen and oxygen atoms in total. The van der Waals surface area contributed by atoms with Gasteiger partial charge >= 0.3 is 6.09 Å². The lowest BCUT2D eigenvalue weighted by molar-refractivity contribution is 0.139. The maximum absolute atomic E-state index is 13.6. The molecule has 6 aromatic carbocycles. The van der Waals surface area contributed by atoms with Crippen molar-refractivity contribution in [1.82, 2.24) is 4.57 Å². The molecule has 1 aliphatic rings. The van der Waals surface area contributed by atoms with Crippen molar-refractivity contribution in [2.75, 3.05) is 13.2 Å². The summed E-state index contributed by atoms with van der Waals surface area (Å²) in [7, 11) is 0. The topological polar surface area (TPSA) is 43.8 Å². The van der Waals surface area contributed by atoms with Gasteiger partial charge in [-0.05, 0) is 58.7 Å². The molecule has 1 saturated heterocycles. The van der Waals surface area contributed by atoms with Crippen molar-refractivity contribution in [2.45, 2.75) is 6.10 Å². The third-order valence-electron chi connectivity index (χ3n) is 9.17. The first-order valence-electron chi connectivity index (χ1n) is 15.4. The van der Waals surface area contributed by atoms with Gasteiger partial charge in [0.05, 0.1) is 17.6 Å². The molecular weight excluding hydrogens is 607 g/mol. The fraction of sp³-hybridized carbons (Fsp3) is 0.0750. The summed E-state index contributed by atoms with van der Waals surface area (Å²) in [6.45, 7) is 0.901. The van der Waals surface area contributed by atoms with E-state index in [0.717, 1.165) is 32.9 Å². The number of epoxide rings is 1. The highest BCUT2D eigenvalue weighted by Gasteiger charge is 2.26. The fourth-order valence-corrected chi connectivity index (χ4v) is 9.37. The number of benzene rings is 6. The van der Waals surface area contributed by atoms with Gasteiger partial charge in [-0.15, -0.1) is 22.7 Å². The molecule has 0 radical (unpaired) electrons. The average molecular weight is 632 g/mol. The quantitative estimate of drug-likeness (QED) is 0.182. The largest absolute Gasteiger partial charge is 0.446 e. The van der Waals surface area contributed by atoms with Gasteiger partial charge in [0.25, 0.3) is 0 Å². The van der Waals surface area contributed by atoms with Gasteiger partial charge in [0.2, 0.25) is 0 Å². The van der Waals surface area contributed by atoms with Crippen molar-refractivity contribution < 1.29 is 14.3 Å². The Morgan fingerprint density at radius 2 is 1.13 bits per heavy atom. The highest BCUT2D eigenvalue weighted by Crippen LogP contribution is 2.44. The van der Waals surface area contributed by atoms with Crippen LogP contribution in [0.4, 0.5) is 4.79 Å². The zero-order valence-electron chi connectivity index (χ0n) is 24.5. The highest BCUT2D eigenvalue weighted by atomic mass is 32.1. The van der Waals surface area contributed by atoms with Gasteiger partial charge in [0.1, 0.15) is 12.7 Å². The number of carbonyl (C=O) groups is 1. The smallest absolute Gasteiger partial charge is 0.419 e.